The molecule has 3 N–H and O–H groups in total. The molecule has 0 aromatic carbocycles. The predicted octanol–water partition coefficient (Wildman–Crippen LogP) is -0.975. The van der Waals surface area contributed by atoms with Crippen LogP contribution in [0.2, 0.25) is 0 Å². The van der Waals surface area contributed by atoms with Crippen molar-refractivity contribution in [2.45, 2.75) is 19.6 Å². The number of hydrogen-bond acceptors (Lipinski definition) is 4. The van der Waals surface area contributed by atoms with Crippen LogP contribution in [0.1, 0.15) is 13.8 Å². The van der Waals surface area contributed by atoms with E-state index >= 15 is 0 Å². The predicted molar refractivity (Wildman–Crippen MR) is 43.4 cm³/mol. The Balaban J connectivity index is 5.04. The first-order chi connectivity index (χ1) is 6.36. The zero-order valence-electron chi connectivity index (χ0n) is 7.73. The zero-order valence-corrected chi connectivity index (χ0v) is 7.73. The molecule has 0 unspecified atom stereocenters. The SMILES string of the molecule is CCOC(NC(C)=O)(C(=O)O)C(=O)O. The quantitative estimate of drug-likeness (QED) is 0.393. The van der Waals surface area contributed by atoms with Gasteiger partial charge in [-0.3, -0.25) is 4.79 Å². The number of rotatable bonds is 5. The van der Waals surface area contributed by atoms with Crippen LogP contribution in [-0.2, 0) is 19.1 Å². The highest BCUT2D eigenvalue weighted by molar-refractivity contribution is 6.04. The maximum Gasteiger partial charge on any atom is 0.369 e. The van der Waals surface area contributed by atoms with Crippen LogP contribution in [0.4, 0.5) is 0 Å². The van der Waals surface area contributed by atoms with E-state index in [1.54, 1.807) is 5.32 Å². The van der Waals surface area contributed by atoms with Gasteiger partial charge in [0.15, 0.2) is 0 Å². The van der Waals surface area contributed by atoms with Crippen molar-refractivity contribution >= 4 is 17.8 Å². The zero-order chi connectivity index (χ0) is 11.4. The molecular weight excluding hydrogens is 194 g/mol. The van der Waals surface area contributed by atoms with Crippen LogP contribution in [0.5, 0.6) is 0 Å². The van der Waals surface area contributed by atoms with Gasteiger partial charge in [0.2, 0.25) is 5.91 Å². The minimum absolute atomic E-state index is 0.154. The largest absolute Gasteiger partial charge is 0.477 e. The van der Waals surface area contributed by atoms with Gasteiger partial charge in [0.25, 0.3) is 0 Å². The molecule has 0 saturated carbocycles. The van der Waals surface area contributed by atoms with Crippen LogP contribution >= 0.6 is 0 Å². The van der Waals surface area contributed by atoms with Crippen LogP contribution < -0.4 is 5.32 Å². The molecule has 7 nitrogen and oxygen atoms in total. The third-order valence-corrected chi connectivity index (χ3v) is 1.32. The summed E-state index contributed by atoms with van der Waals surface area (Å²) in [6, 6.07) is 0. The number of amides is 1. The number of carbonyl (C=O) groups is 3. The van der Waals surface area contributed by atoms with Gasteiger partial charge in [0.1, 0.15) is 0 Å². The van der Waals surface area contributed by atoms with Gasteiger partial charge in [-0.15, -0.1) is 0 Å². The summed E-state index contributed by atoms with van der Waals surface area (Å²) in [7, 11) is 0. The van der Waals surface area contributed by atoms with Crippen LogP contribution in [0, 0.1) is 0 Å². The minimum Gasteiger partial charge on any atom is -0.477 e. The van der Waals surface area contributed by atoms with E-state index in [0.717, 1.165) is 6.92 Å². The molecule has 0 aliphatic carbocycles. The number of carboxylic acid groups (broad SMARTS) is 2. The standard InChI is InChI=1S/C7H11NO6/c1-3-14-7(5(10)11,6(12)13)8-4(2)9/h3H2,1-2H3,(H,8,9)(H,10,11)(H,12,13). The van der Waals surface area contributed by atoms with E-state index in [4.69, 9.17) is 10.2 Å². The average Bonchev–Trinajstić information content (AvgIpc) is 2.01. The maximum atomic E-state index is 10.7. The first-order valence-corrected chi connectivity index (χ1v) is 3.76. The van der Waals surface area contributed by atoms with Crippen LogP contribution in [-0.4, -0.2) is 40.4 Å². The molecule has 0 fully saturated rings. The molecule has 0 spiro atoms. The lowest BCUT2D eigenvalue weighted by molar-refractivity contribution is -0.189. The Labute approximate surface area is 79.7 Å². The van der Waals surface area contributed by atoms with Gasteiger partial charge in [-0.05, 0) is 6.92 Å². The second kappa shape index (κ2) is 4.56. The molecule has 80 valence electrons. The topological polar surface area (TPSA) is 113 Å². The Morgan fingerprint density at radius 1 is 1.29 bits per heavy atom. The first kappa shape index (κ1) is 12.4. The molecule has 0 aliphatic rings. The van der Waals surface area contributed by atoms with E-state index in [9.17, 15) is 14.4 Å². The van der Waals surface area contributed by atoms with Crippen molar-refractivity contribution in [3.8, 4) is 0 Å². The fraction of sp³-hybridized carbons (Fsp3) is 0.571. The second-order valence-electron chi connectivity index (χ2n) is 2.41. The molecule has 14 heavy (non-hydrogen) atoms. The molecule has 0 atom stereocenters. The Morgan fingerprint density at radius 2 is 1.71 bits per heavy atom. The molecule has 0 heterocycles. The molecule has 0 rings (SSSR count). The van der Waals surface area contributed by atoms with Gasteiger partial charge >= 0.3 is 17.7 Å². The highest BCUT2D eigenvalue weighted by Gasteiger charge is 2.49. The lowest BCUT2D eigenvalue weighted by Gasteiger charge is -2.24. The number of ether oxygens (including phenoxy) is 1. The normalized spacial score (nSPS) is 10.7. The highest BCUT2D eigenvalue weighted by atomic mass is 16.6. The summed E-state index contributed by atoms with van der Waals surface area (Å²) < 4.78 is 4.53. The third kappa shape index (κ3) is 2.43. The van der Waals surface area contributed by atoms with E-state index in [1.807, 2.05) is 0 Å². The van der Waals surface area contributed by atoms with Gasteiger partial charge in [-0.1, -0.05) is 0 Å². The van der Waals surface area contributed by atoms with Gasteiger partial charge in [0, 0.05) is 13.5 Å². The van der Waals surface area contributed by atoms with Crippen LogP contribution in [0.3, 0.4) is 0 Å². The molecule has 0 aromatic heterocycles. The summed E-state index contributed by atoms with van der Waals surface area (Å²) in [5, 5.41) is 19.0. The third-order valence-electron chi connectivity index (χ3n) is 1.32. The van der Waals surface area contributed by atoms with Crippen molar-refractivity contribution in [2.24, 2.45) is 0 Å². The molecular formula is C7H11NO6. The minimum atomic E-state index is -2.69. The van der Waals surface area contributed by atoms with Crippen molar-refractivity contribution in [3.05, 3.63) is 0 Å². The first-order valence-electron chi connectivity index (χ1n) is 3.76. The second-order valence-corrected chi connectivity index (χ2v) is 2.41. The van der Waals surface area contributed by atoms with Gasteiger partial charge < -0.3 is 20.3 Å². The lowest BCUT2D eigenvalue weighted by atomic mass is 10.2. The Bertz CT molecular complexity index is 247. The molecule has 0 radical (unpaired) electrons. The van der Waals surface area contributed by atoms with E-state index in [2.05, 4.69) is 4.74 Å². The summed E-state index contributed by atoms with van der Waals surface area (Å²) in [6.07, 6.45) is 0. The molecule has 0 aliphatic heterocycles. The summed E-state index contributed by atoms with van der Waals surface area (Å²) in [4.78, 5) is 32.0. The van der Waals surface area contributed by atoms with Crippen molar-refractivity contribution in [3.63, 3.8) is 0 Å². The van der Waals surface area contributed by atoms with Crippen molar-refractivity contribution in [2.75, 3.05) is 6.61 Å². The lowest BCUT2D eigenvalue weighted by Crippen LogP contribution is -2.61. The number of hydrogen-bond donors (Lipinski definition) is 3. The van der Waals surface area contributed by atoms with E-state index < -0.39 is 23.6 Å². The van der Waals surface area contributed by atoms with Crippen molar-refractivity contribution in [1.29, 1.82) is 0 Å². The molecule has 7 heteroatoms. The number of aliphatic carboxylic acids is 2. The number of carbonyl (C=O) groups excluding carboxylic acids is 1. The molecule has 0 aromatic rings. The van der Waals surface area contributed by atoms with Crippen molar-refractivity contribution in [1.82, 2.24) is 5.32 Å². The highest BCUT2D eigenvalue weighted by Crippen LogP contribution is 2.08. The smallest absolute Gasteiger partial charge is 0.369 e. The van der Waals surface area contributed by atoms with E-state index in [0.29, 0.717) is 0 Å². The summed E-state index contributed by atoms with van der Waals surface area (Å²) in [5.74, 6) is -4.35. The monoisotopic (exact) mass is 205 g/mol. The Kier molecular flexibility index (Phi) is 4.03. The Morgan fingerprint density at radius 3 is 1.93 bits per heavy atom. The molecule has 0 bridgehead atoms. The molecule has 1 amide bonds. The maximum absolute atomic E-state index is 10.7. The van der Waals surface area contributed by atoms with E-state index in [-0.39, 0.29) is 6.61 Å². The van der Waals surface area contributed by atoms with Crippen LogP contribution in [0.25, 0.3) is 0 Å². The summed E-state index contributed by atoms with van der Waals surface area (Å²) in [5.41, 5.74) is -2.69. The van der Waals surface area contributed by atoms with Gasteiger partial charge in [-0.25, -0.2) is 9.59 Å². The number of carboxylic acids is 2. The number of nitrogens with one attached hydrogen (secondary N) is 1. The fourth-order valence-corrected chi connectivity index (χ4v) is 0.822. The average molecular weight is 205 g/mol. The van der Waals surface area contributed by atoms with Crippen molar-refractivity contribution < 1.29 is 29.3 Å². The summed E-state index contributed by atoms with van der Waals surface area (Å²) >= 11 is 0. The Hall–Kier alpha value is -1.63. The van der Waals surface area contributed by atoms with Gasteiger partial charge in [0.05, 0.1) is 0 Å². The van der Waals surface area contributed by atoms with Gasteiger partial charge in [-0.2, -0.15) is 0 Å². The van der Waals surface area contributed by atoms with E-state index in [1.165, 1.54) is 6.92 Å². The fourth-order valence-electron chi connectivity index (χ4n) is 0.822. The summed E-state index contributed by atoms with van der Waals surface area (Å²) in [6.45, 7) is 2.26. The molecule has 0 saturated heterocycles. The van der Waals surface area contributed by atoms with Crippen LogP contribution in [0.15, 0.2) is 0 Å².